The quantitative estimate of drug-likeness (QED) is 0.840. The second kappa shape index (κ2) is 7.38. The molecule has 1 amide bonds. The topological polar surface area (TPSA) is 45.7 Å². The van der Waals surface area contributed by atoms with Crippen molar-refractivity contribution in [1.82, 2.24) is 14.8 Å². The SMILES string of the molecule is COc1c(C)cnc(CN2CCN(C(=O)CC(F)(F)F)CC2)c1C. The molecule has 1 saturated heterocycles. The van der Waals surface area contributed by atoms with Gasteiger partial charge in [-0.1, -0.05) is 0 Å². The van der Waals surface area contributed by atoms with Crippen LogP contribution in [0.4, 0.5) is 13.2 Å². The number of halogens is 3. The first kappa shape index (κ1) is 18.5. The smallest absolute Gasteiger partial charge is 0.397 e. The third kappa shape index (κ3) is 4.59. The van der Waals surface area contributed by atoms with Crippen molar-refractivity contribution < 1.29 is 22.7 Å². The van der Waals surface area contributed by atoms with Crippen LogP contribution in [-0.4, -0.2) is 60.2 Å². The molecule has 0 atom stereocenters. The van der Waals surface area contributed by atoms with E-state index in [2.05, 4.69) is 9.88 Å². The van der Waals surface area contributed by atoms with Gasteiger partial charge in [-0.25, -0.2) is 0 Å². The second-order valence-corrected chi connectivity index (χ2v) is 6.00. The van der Waals surface area contributed by atoms with Crippen molar-refractivity contribution in [1.29, 1.82) is 0 Å². The van der Waals surface area contributed by atoms with Gasteiger partial charge in [0.05, 0.1) is 12.8 Å². The highest BCUT2D eigenvalue weighted by atomic mass is 19.4. The van der Waals surface area contributed by atoms with Gasteiger partial charge in [0.2, 0.25) is 5.91 Å². The van der Waals surface area contributed by atoms with Gasteiger partial charge in [-0.3, -0.25) is 14.7 Å². The van der Waals surface area contributed by atoms with Crippen LogP contribution in [0.1, 0.15) is 23.2 Å². The molecule has 2 heterocycles. The summed E-state index contributed by atoms with van der Waals surface area (Å²) < 4.78 is 42.3. The van der Waals surface area contributed by atoms with Crippen LogP contribution in [0.5, 0.6) is 5.75 Å². The van der Waals surface area contributed by atoms with Crippen molar-refractivity contribution in [3.8, 4) is 5.75 Å². The predicted molar refractivity (Wildman–Crippen MR) is 82.8 cm³/mol. The number of hydrogen-bond donors (Lipinski definition) is 0. The minimum absolute atomic E-state index is 0.303. The number of ether oxygens (including phenoxy) is 1. The molecule has 24 heavy (non-hydrogen) atoms. The maximum Gasteiger partial charge on any atom is 0.397 e. The van der Waals surface area contributed by atoms with E-state index in [1.54, 1.807) is 13.3 Å². The van der Waals surface area contributed by atoms with E-state index in [1.807, 2.05) is 13.8 Å². The number of carbonyl (C=O) groups is 1. The number of amides is 1. The first-order valence-corrected chi connectivity index (χ1v) is 7.77. The average molecular weight is 345 g/mol. The minimum atomic E-state index is -4.45. The highest BCUT2D eigenvalue weighted by molar-refractivity contribution is 5.76. The number of pyridine rings is 1. The number of methoxy groups -OCH3 is 1. The zero-order valence-corrected chi connectivity index (χ0v) is 14.1. The molecule has 0 aliphatic carbocycles. The van der Waals surface area contributed by atoms with Gasteiger partial charge in [-0.2, -0.15) is 13.2 Å². The van der Waals surface area contributed by atoms with E-state index in [0.29, 0.717) is 32.7 Å². The van der Waals surface area contributed by atoms with Crippen LogP contribution in [-0.2, 0) is 11.3 Å². The first-order chi connectivity index (χ1) is 11.2. The van der Waals surface area contributed by atoms with Crippen LogP contribution in [0.3, 0.4) is 0 Å². The number of aryl methyl sites for hydroxylation is 1. The Morgan fingerprint density at radius 1 is 1.25 bits per heavy atom. The maximum atomic E-state index is 12.3. The molecule has 0 radical (unpaired) electrons. The summed E-state index contributed by atoms with van der Waals surface area (Å²) >= 11 is 0. The lowest BCUT2D eigenvalue weighted by Gasteiger charge is -2.35. The molecule has 5 nitrogen and oxygen atoms in total. The molecule has 1 aromatic rings. The molecule has 134 valence electrons. The van der Waals surface area contributed by atoms with E-state index >= 15 is 0 Å². The Hall–Kier alpha value is -1.83. The van der Waals surface area contributed by atoms with E-state index in [1.165, 1.54) is 4.90 Å². The number of aromatic nitrogens is 1. The maximum absolute atomic E-state index is 12.3. The summed E-state index contributed by atoms with van der Waals surface area (Å²) in [5, 5.41) is 0. The van der Waals surface area contributed by atoms with Gasteiger partial charge in [0, 0.05) is 50.0 Å². The molecule has 1 fully saturated rings. The normalized spacial score (nSPS) is 16.3. The van der Waals surface area contributed by atoms with E-state index in [4.69, 9.17) is 4.74 Å². The Morgan fingerprint density at radius 2 is 1.88 bits per heavy atom. The molecule has 0 spiro atoms. The molecule has 0 unspecified atom stereocenters. The van der Waals surface area contributed by atoms with Crippen LogP contribution >= 0.6 is 0 Å². The summed E-state index contributed by atoms with van der Waals surface area (Å²) in [4.78, 5) is 19.4. The van der Waals surface area contributed by atoms with Crippen molar-refractivity contribution in [2.45, 2.75) is 33.0 Å². The molecule has 1 aliphatic heterocycles. The lowest BCUT2D eigenvalue weighted by molar-refractivity contribution is -0.162. The van der Waals surface area contributed by atoms with Crippen LogP contribution in [0.2, 0.25) is 0 Å². The van der Waals surface area contributed by atoms with Gasteiger partial charge in [0.15, 0.2) is 0 Å². The van der Waals surface area contributed by atoms with Gasteiger partial charge in [0.1, 0.15) is 12.2 Å². The number of piperazine rings is 1. The summed E-state index contributed by atoms with van der Waals surface area (Å²) in [6, 6.07) is 0. The molecule has 0 N–H and O–H groups in total. The van der Waals surface area contributed by atoms with Crippen molar-refractivity contribution in [3.63, 3.8) is 0 Å². The first-order valence-electron chi connectivity index (χ1n) is 7.77. The molecule has 8 heteroatoms. The van der Waals surface area contributed by atoms with Crippen LogP contribution in [0.25, 0.3) is 0 Å². The summed E-state index contributed by atoms with van der Waals surface area (Å²) in [6.07, 6.45) is -4.08. The summed E-state index contributed by atoms with van der Waals surface area (Å²) in [6.45, 7) is 6.12. The number of carbonyl (C=O) groups excluding carboxylic acids is 1. The fourth-order valence-corrected chi connectivity index (χ4v) is 2.88. The molecular weight excluding hydrogens is 323 g/mol. The Balaban J connectivity index is 1.93. The molecule has 0 bridgehead atoms. The van der Waals surface area contributed by atoms with Crippen LogP contribution in [0, 0.1) is 13.8 Å². The van der Waals surface area contributed by atoms with Gasteiger partial charge in [-0.05, 0) is 13.8 Å². The van der Waals surface area contributed by atoms with E-state index in [0.717, 1.165) is 22.6 Å². The molecule has 1 aromatic heterocycles. The second-order valence-electron chi connectivity index (χ2n) is 6.00. The zero-order chi connectivity index (χ0) is 17.9. The molecule has 0 aromatic carbocycles. The van der Waals surface area contributed by atoms with Crippen molar-refractivity contribution >= 4 is 5.91 Å². The number of nitrogens with zero attached hydrogens (tertiary/aromatic N) is 3. The highest BCUT2D eigenvalue weighted by Crippen LogP contribution is 2.25. The lowest BCUT2D eigenvalue weighted by atomic mass is 10.1. The molecule has 2 rings (SSSR count). The van der Waals surface area contributed by atoms with Crippen molar-refractivity contribution in [3.05, 3.63) is 23.0 Å². The van der Waals surface area contributed by atoms with Crippen molar-refractivity contribution in [2.75, 3.05) is 33.3 Å². The van der Waals surface area contributed by atoms with E-state index in [-0.39, 0.29) is 0 Å². The molecule has 1 aliphatic rings. The third-order valence-corrected chi connectivity index (χ3v) is 4.20. The lowest BCUT2D eigenvalue weighted by Crippen LogP contribution is -2.49. The largest absolute Gasteiger partial charge is 0.496 e. The van der Waals surface area contributed by atoms with Crippen LogP contribution < -0.4 is 4.74 Å². The highest BCUT2D eigenvalue weighted by Gasteiger charge is 2.34. The Labute approximate surface area is 139 Å². The van der Waals surface area contributed by atoms with Crippen LogP contribution in [0.15, 0.2) is 6.20 Å². The number of rotatable bonds is 4. The van der Waals surface area contributed by atoms with Crippen molar-refractivity contribution in [2.24, 2.45) is 0 Å². The zero-order valence-electron chi connectivity index (χ0n) is 14.1. The van der Waals surface area contributed by atoms with Gasteiger partial charge >= 0.3 is 6.18 Å². The summed E-state index contributed by atoms with van der Waals surface area (Å²) in [5.41, 5.74) is 2.81. The Morgan fingerprint density at radius 3 is 2.42 bits per heavy atom. The van der Waals surface area contributed by atoms with E-state index < -0.39 is 18.5 Å². The standard InChI is InChI=1S/C16H22F3N3O2/c1-11-9-20-13(12(2)15(11)24-3)10-21-4-6-22(7-5-21)14(23)8-16(17,18)19/h9H,4-8,10H2,1-3H3. The van der Waals surface area contributed by atoms with Gasteiger partial charge in [-0.15, -0.1) is 0 Å². The summed E-state index contributed by atoms with van der Waals surface area (Å²) in [7, 11) is 1.62. The average Bonchev–Trinajstić information content (AvgIpc) is 2.50. The number of alkyl halides is 3. The van der Waals surface area contributed by atoms with E-state index in [9.17, 15) is 18.0 Å². The Bertz CT molecular complexity index is 597. The molecule has 0 saturated carbocycles. The number of hydrogen-bond acceptors (Lipinski definition) is 4. The van der Waals surface area contributed by atoms with Gasteiger partial charge in [0.25, 0.3) is 0 Å². The third-order valence-electron chi connectivity index (χ3n) is 4.20. The monoisotopic (exact) mass is 345 g/mol. The minimum Gasteiger partial charge on any atom is -0.496 e. The fraction of sp³-hybridized carbons (Fsp3) is 0.625. The Kier molecular flexibility index (Phi) is 5.69. The summed E-state index contributed by atoms with van der Waals surface area (Å²) in [5.74, 6) is -0.0487. The van der Waals surface area contributed by atoms with Gasteiger partial charge < -0.3 is 9.64 Å². The fourth-order valence-electron chi connectivity index (χ4n) is 2.88. The predicted octanol–water partition coefficient (Wildman–Crippen LogP) is 2.30. The molecular formula is C16H22F3N3O2.